The number of benzene rings is 4. The molecule has 4 aromatic carbocycles. The number of fused-ring (bicyclic) bond motifs is 1. The highest BCUT2D eigenvalue weighted by molar-refractivity contribution is 7.87. The summed E-state index contributed by atoms with van der Waals surface area (Å²) in [5.41, 5.74) is 0. The minimum atomic E-state index is -3.98. The van der Waals surface area contributed by atoms with E-state index in [0.717, 1.165) is 5.39 Å². The minimum Gasteiger partial charge on any atom is -0.379 e. The summed E-state index contributed by atoms with van der Waals surface area (Å²) in [6.07, 6.45) is 0. The van der Waals surface area contributed by atoms with Crippen LogP contribution < -0.4 is 8.37 Å². The van der Waals surface area contributed by atoms with Gasteiger partial charge in [0, 0.05) is 0 Å². The molecule has 0 aliphatic heterocycles. The van der Waals surface area contributed by atoms with Crippen molar-refractivity contribution in [3.8, 4) is 11.5 Å². The highest BCUT2D eigenvalue weighted by atomic mass is 32.2. The van der Waals surface area contributed by atoms with Gasteiger partial charge >= 0.3 is 20.2 Å². The summed E-state index contributed by atoms with van der Waals surface area (Å²) in [5, 5.41) is 1.33. The molecular formula is C22H16O6S2. The van der Waals surface area contributed by atoms with Gasteiger partial charge in [-0.05, 0) is 59.3 Å². The molecule has 0 N–H and O–H groups in total. The van der Waals surface area contributed by atoms with Crippen molar-refractivity contribution in [3.05, 3.63) is 97.1 Å². The molecule has 0 aliphatic rings. The molecule has 0 unspecified atom stereocenters. The Kier molecular flexibility index (Phi) is 5.19. The third-order valence-electron chi connectivity index (χ3n) is 4.26. The number of hydrogen-bond acceptors (Lipinski definition) is 6. The van der Waals surface area contributed by atoms with Crippen LogP contribution in [-0.2, 0) is 20.2 Å². The lowest BCUT2D eigenvalue weighted by molar-refractivity contribution is 0.485. The first-order chi connectivity index (χ1) is 14.3. The molecule has 0 aliphatic carbocycles. The standard InChI is InChI=1S/C22H16O6S2/c23-29(24,21-7-3-1-4-8-21)27-19-13-11-17-12-14-20(16-18(17)15-19)28-30(25,26)22-9-5-2-6-10-22/h1-16H. The minimum absolute atomic E-state index is 0.0381. The van der Waals surface area contributed by atoms with Crippen molar-refractivity contribution in [2.45, 2.75) is 9.79 Å². The van der Waals surface area contributed by atoms with Gasteiger partial charge in [0.25, 0.3) is 0 Å². The summed E-state index contributed by atoms with van der Waals surface area (Å²) in [6, 6.07) is 25.0. The Hall–Kier alpha value is -3.36. The first-order valence-corrected chi connectivity index (χ1v) is 11.7. The van der Waals surface area contributed by atoms with Crippen LogP contribution in [-0.4, -0.2) is 16.8 Å². The summed E-state index contributed by atoms with van der Waals surface area (Å²) in [5.74, 6) is 0.212. The molecule has 0 saturated heterocycles. The fourth-order valence-corrected chi connectivity index (χ4v) is 4.72. The van der Waals surface area contributed by atoms with Gasteiger partial charge in [-0.25, -0.2) is 0 Å². The molecule has 4 rings (SSSR count). The van der Waals surface area contributed by atoms with E-state index in [1.54, 1.807) is 48.5 Å². The zero-order chi connectivity index (χ0) is 21.2. The van der Waals surface area contributed by atoms with Gasteiger partial charge in [-0.15, -0.1) is 0 Å². The molecule has 6 nitrogen and oxygen atoms in total. The van der Waals surface area contributed by atoms with E-state index < -0.39 is 20.2 Å². The lowest BCUT2D eigenvalue weighted by atomic mass is 10.1. The van der Waals surface area contributed by atoms with Crippen molar-refractivity contribution < 1.29 is 25.2 Å². The third kappa shape index (κ3) is 4.29. The van der Waals surface area contributed by atoms with Crippen LogP contribution in [0.15, 0.2) is 107 Å². The summed E-state index contributed by atoms with van der Waals surface area (Å²) in [4.78, 5) is 0.0762. The number of rotatable bonds is 6. The van der Waals surface area contributed by atoms with Crippen molar-refractivity contribution in [1.82, 2.24) is 0 Å². The molecule has 0 aromatic heterocycles. The van der Waals surface area contributed by atoms with Crippen LogP contribution in [0.25, 0.3) is 10.8 Å². The van der Waals surface area contributed by atoms with E-state index >= 15 is 0 Å². The molecule has 0 fully saturated rings. The lowest BCUT2D eigenvalue weighted by Crippen LogP contribution is -2.10. The van der Waals surface area contributed by atoms with Crippen LogP contribution in [0.1, 0.15) is 0 Å². The van der Waals surface area contributed by atoms with E-state index in [1.807, 2.05) is 0 Å². The molecule has 152 valence electrons. The Labute approximate surface area is 174 Å². The molecular weight excluding hydrogens is 424 g/mol. The smallest absolute Gasteiger partial charge is 0.339 e. The highest BCUT2D eigenvalue weighted by Gasteiger charge is 2.18. The molecule has 0 amide bonds. The van der Waals surface area contributed by atoms with E-state index in [0.29, 0.717) is 5.39 Å². The van der Waals surface area contributed by atoms with Crippen molar-refractivity contribution in [3.63, 3.8) is 0 Å². The molecule has 4 aromatic rings. The first kappa shape index (κ1) is 19.9. The van der Waals surface area contributed by atoms with Crippen LogP contribution in [0.3, 0.4) is 0 Å². The fraction of sp³-hybridized carbons (Fsp3) is 0. The maximum Gasteiger partial charge on any atom is 0.339 e. The van der Waals surface area contributed by atoms with E-state index in [4.69, 9.17) is 8.37 Å². The molecule has 0 spiro atoms. The van der Waals surface area contributed by atoms with Crippen molar-refractivity contribution >= 4 is 31.0 Å². The van der Waals surface area contributed by atoms with Gasteiger partial charge in [0.2, 0.25) is 0 Å². The van der Waals surface area contributed by atoms with E-state index in [1.165, 1.54) is 48.5 Å². The van der Waals surface area contributed by atoms with E-state index in [-0.39, 0.29) is 21.3 Å². The Bertz CT molecular complexity index is 1290. The van der Waals surface area contributed by atoms with Crippen molar-refractivity contribution in [1.29, 1.82) is 0 Å². The maximum absolute atomic E-state index is 12.4. The Morgan fingerprint density at radius 2 is 0.867 bits per heavy atom. The average Bonchev–Trinajstić information content (AvgIpc) is 2.74. The fourth-order valence-electron chi connectivity index (χ4n) is 2.83. The Morgan fingerprint density at radius 1 is 0.467 bits per heavy atom. The SMILES string of the molecule is O=S(=O)(Oc1ccc2ccc(OS(=O)(=O)c3ccccc3)cc2c1)c1ccccc1. The second kappa shape index (κ2) is 7.81. The van der Waals surface area contributed by atoms with Gasteiger partial charge in [-0.3, -0.25) is 0 Å². The van der Waals surface area contributed by atoms with Gasteiger partial charge in [0.05, 0.1) is 0 Å². The summed E-state index contributed by atoms with van der Waals surface area (Å²) in [7, 11) is -7.97. The normalized spacial score (nSPS) is 11.9. The monoisotopic (exact) mass is 440 g/mol. The lowest BCUT2D eigenvalue weighted by Gasteiger charge is -2.10. The molecule has 0 saturated carbocycles. The van der Waals surface area contributed by atoms with Crippen LogP contribution in [0, 0.1) is 0 Å². The molecule has 30 heavy (non-hydrogen) atoms. The van der Waals surface area contributed by atoms with Crippen LogP contribution in [0.4, 0.5) is 0 Å². The van der Waals surface area contributed by atoms with Crippen LogP contribution >= 0.6 is 0 Å². The first-order valence-electron chi connectivity index (χ1n) is 8.86. The van der Waals surface area contributed by atoms with Crippen LogP contribution in [0.2, 0.25) is 0 Å². The predicted octanol–water partition coefficient (Wildman–Crippen LogP) is 4.38. The maximum atomic E-state index is 12.4. The van der Waals surface area contributed by atoms with E-state index in [9.17, 15) is 16.8 Å². The molecule has 0 bridgehead atoms. The average molecular weight is 440 g/mol. The van der Waals surface area contributed by atoms with Crippen molar-refractivity contribution in [2.24, 2.45) is 0 Å². The zero-order valence-electron chi connectivity index (χ0n) is 15.5. The van der Waals surface area contributed by atoms with Gasteiger partial charge in [-0.1, -0.05) is 48.5 Å². The molecule has 8 heteroatoms. The second-order valence-corrected chi connectivity index (χ2v) is 9.46. The highest BCUT2D eigenvalue weighted by Crippen LogP contribution is 2.28. The second-order valence-electron chi connectivity index (χ2n) is 6.37. The van der Waals surface area contributed by atoms with Crippen LogP contribution in [0.5, 0.6) is 11.5 Å². The zero-order valence-corrected chi connectivity index (χ0v) is 17.1. The number of hydrogen-bond donors (Lipinski definition) is 0. The van der Waals surface area contributed by atoms with Gasteiger partial charge < -0.3 is 8.37 Å². The van der Waals surface area contributed by atoms with Gasteiger partial charge in [0.15, 0.2) is 0 Å². The molecule has 0 atom stereocenters. The van der Waals surface area contributed by atoms with Gasteiger partial charge in [0.1, 0.15) is 21.3 Å². The third-order valence-corrected chi connectivity index (χ3v) is 6.78. The molecule has 0 heterocycles. The van der Waals surface area contributed by atoms with Gasteiger partial charge in [-0.2, -0.15) is 16.8 Å². The van der Waals surface area contributed by atoms with E-state index in [2.05, 4.69) is 0 Å². The predicted molar refractivity (Wildman–Crippen MR) is 112 cm³/mol. The topological polar surface area (TPSA) is 86.7 Å². The summed E-state index contributed by atoms with van der Waals surface area (Å²) >= 11 is 0. The molecule has 0 radical (unpaired) electrons. The Morgan fingerprint density at radius 3 is 1.27 bits per heavy atom. The largest absolute Gasteiger partial charge is 0.379 e. The summed E-state index contributed by atoms with van der Waals surface area (Å²) < 4.78 is 60.1. The summed E-state index contributed by atoms with van der Waals surface area (Å²) in [6.45, 7) is 0. The Balaban J connectivity index is 1.63. The van der Waals surface area contributed by atoms with Crippen molar-refractivity contribution in [2.75, 3.05) is 0 Å². The quantitative estimate of drug-likeness (QED) is 0.414.